The number of aryl methyl sites for hydroxylation is 1. The van der Waals surface area contributed by atoms with Gasteiger partial charge in [0.2, 0.25) is 0 Å². The van der Waals surface area contributed by atoms with Gasteiger partial charge in [0.1, 0.15) is 0 Å². The first kappa shape index (κ1) is 25.1. The van der Waals surface area contributed by atoms with Gasteiger partial charge in [0.25, 0.3) is 0 Å². The van der Waals surface area contributed by atoms with Gasteiger partial charge in [-0.05, 0) is 72.6 Å². The lowest BCUT2D eigenvalue weighted by atomic mass is 9.77. The average molecular weight is 433 g/mol. The fourth-order valence-electron chi connectivity index (χ4n) is 5.53. The highest BCUT2D eigenvalue weighted by Gasteiger charge is 2.21. The quantitative estimate of drug-likeness (QED) is 0.260. The van der Waals surface area contributed by atoms with Crippen molar-refractivity contribution in [1.29, 1.82) is 0 Å². The molecule has 0 saturated heterocycles. The lowest BCUT2D eigenvalue weighted by Crippen LogP contribution is -2.12. The normalized spacial score (nSPS) is 18.7. The first-order valence-electron chi connectivity index (χ1n) is 14.0. The van der Waals surface area contributed by atoms with Gasteiger partial charge in [0, 0.05) is 0 Å². The zero-order valence-electron chi connectivity index (χ0n) is 21.1. The van der Waals surface area contributed by atoms with Crippen molar-refractivity contribution in [3.8, 4) is 11.1 Å². The van der Waals surface area contributed by atoms with Gasteiger partial charge >= 0.3 is 0 Å². The molecule has 0 unspecified atom stereocenters. The van der Waals surface area contributed by atoms with Crippen LogP contribution in [0.15, 0.2) is 48.5 Å². The minimum absolute atomic E-state index is 0.787. The highest BCUT2D eigenvalue weighted by Crippen LogP contribution is 2.37. The average Bonchev–Trinajstić information content (AvgIpc) is 2.86. The lowest BCUT2D eigenvalue weighted by molar-refractivity contribution is 0.319. The summed E-state index contributed by atoms with van der Waals surface area (Å²) >= 11 is 0. The molecule has 0 radical (unpaired) electrons. The monoisotopic (exact) mass is 432 g/mol. The Kier molecular flexibility index (Phi) is 11.4. The Balaban J connectivity index is 1.34. The van der Waals surface area contributed by atoms with Crippen LogP contribution in [0.2, 0.25) is 0 Å². The van der Waals surface area contributed by atoms with Gasteiger partial charge in [0.15, 0.2) is 0 Å². The third-order valence-corrected chi connectivity index (χ3v) is 7.91. The minimum atomic E-state index is 0.787. The van der Waals surface area contributed by atoms with Crippen LogP contribution in [0.3, 0.4) is 0 Å². The third-order valence-electron chi connectivity index (χ3n) is 7.91. The summed E-state index contributed by atoms with van der Waals surface area (Å²) in [6, 6.07) is 18.8. The second-order valence-corrected chi connectivity index (χ2v) is 10.4. The van der Waals surface area contributed by atoms with Crippen molar-refractivity contribution in [3.05, 3.63) is 59.7 Å². The number of hydrogen-bond acceptors (Lipinski definition) is 0. The Morgan fingerprint density at radius 3 is 1.59 bits per heavy atom. The molecule has 1 saturated carbocycles. The Labute approximate surface area is 199 Å². The van der Waals surface area contributed by atoms with Crippen LogP contribution in [0.5, 0.6) is 0 Å². The Bertz CT molecular complexity index is 716. The van der Waals surface area contributed by atoms with Gasteiger partial charge in [0.05, 0.1) is 0 Å². The zero-order chi connectivity index (χ0) is 22.4. The van der Waals surface area contributed by atoms with E-state index in [2.05, 4.69) is 62.4 Å². The van der Waals surface area contributed by atoms with Gasteiger partial charge in [-0.1, -0.05) is 127 Å². The second-order valence-electron chi connectivity index (χ2n) is 10.4. The molecule has 0 amide bonds. The van der Waals surface area contributed by atoms with Gasteiger partial charge in [-0.25, -0.2) is 0 Å². The van der Waals surface area contributed by atoms with E-state index in [4.69, 9.17) is 0 Å². The third kappa shape index (κ3) is 8.42. The predicted octanol–water partition coefficient (Wildman–Crippen LogP) is 10.5. The number of hydrogen-bond donors (Lipinski definition) is 0. The van der Waals surface area contributed by atoms with Crippen LogP contribution < -0.4 is 0 Å². The van der Waals surface area contributed by atoms with Crippen LogP contribution >= 0.6 is 0 Å². The van der Waals surface area contributed by atoms with Crippen molar-refractivity contribution in [2.45, 2.75) is 122 Å². The SMILES string of the molecule is CCCCCCCCCCCCc1ccc(-c2ccc(C3CCC(CC)CC3)cc2)cc1. The molecule has 1 fully saturated rings. The van der Waals surface area contributed by atoms with Crippen molar-refractivity contribution in [2.75, 3.05) is 0 Å². The van der Waals surface area contributed by atoms with E-state index in [0.717, 1.165) is 11.8 Å². The standard InChI is InChI=1S/C32H48/c1-3-5-6-7-8-9-10-11-12-13-14-28-17-21-30(22-18-28)32-25-23-31(24-26-32)29-19-15-27(4-2)16-20-29/h17-18,21-27,29H,3-16,19-20H2,1-2H3. The largest absolute Gasteiger partial charge is 0.0654 e. The van der Waals surface area contributed by atoms with Gasteiger partial charge in [-0.3, -0.25) is 0 Å². The summed E-state index contributed by atoms with van der Waals surface area (Å²) in [5.41, 5.74) is 5.78. The van der Waals surface area contributed by atoms with Crippen molar-refractivity contribution in [3.63, 3.8) is 0 Å². The van der Waals surface area contributed by atoms with E-state index in [0.29, 0.717) is 0 Å². The maximum absolute atomic E-state index is 2.39. The molecule has 1 aliphatic carbocycles. The lowest BCUT2D eigenvalue weighted by Gasteiger charge is -2.28. The molecule has 0 nitrogen and oxygen atoms in total. The molecule has 0 heteroatoms. The first-order valence-corrected chi connectivity index (χ1v) is 14.0. The summed E-state index contributed by atoms with van der Waals surface area (Å²) in [4.78, 5) is 0. The van der Waals surface area contributed by atoms with Gasteiger partial charge in [-0.2, -0.15) is 0 Å². The molecule has 0 bridgehead atoms. The predicted molar refractivity (Wildman–Crippen MR) is 142 cm³/mol. The molecule has 0 spiro atoms. The number of unbranched alkanes of at least 4 members (excludes halogenated alkanes) is 9. The van der Waals surface area contributed by atoms with E-state index in [-0.39, 0.29) is 0 Å². The molecular formula is C32H48. The molecular weight excluding hydrogens is 384 g/mol. The number of benzene rings is 2. The fraction of sp³-hybridized carbons (Fsp3) is 0.625. The highest BCUT2D eigenvalue weighted by atomic mass is 14.3. The van der Waals surface area contributed by atoms with Crippen LogP contribution in [-0.2, 0) is 6.42 Å². The van der Waals surface area contributed by atoms with E-state index in [1.807, 2.05) is 0 Å². The molecule has 0 heterocycles. The molecule has 176 valence electrons. The molecule has 0 aliphatic heterocycles. The minimum Gasteiger partial charge on any atom is -0.0654 e. The van der Waals surface area contributed by atoms with E-state index < -0.39 is 0 Å². The van der Waals surface area contributed by atoms with E-state index >= 15 is 0 Å². The van der Waals surface area contributed by atoms with E-state index in [1.165, 1.54) is 119 Å². The number of rotatable bonds is 14. The molecule has 2 aromatic rings. The zero-order valence-corrected chi connectivity index (χ0v) is 21.1. The van der Waals surface area contributed by atoms with E-state index in [9.17, 15) is 0 Å². The second kappa shape index (κ2) is 14.6. The summed E-state index contributed by atoms with van der Waals surface area (Å²) in [6.07, 6.45) is 22.3. The van der Waals surface area contributed by atoms with Crippen molar-refractivity contribution < 1.29 is 0 Å². The van der Waals surface area contributed by atoms with Crippen LogP contribution in [0.4, 0.5) is 0 Å². The Morgan fingerprint density at radius 1 is 0.562 bits per heavy atom. The topological polar surface area (TPSA) is 0 Å². The van der Waals surface area contributed by atoms with Crippen LogP contribution in [0, 0.1) is 5.92 Å². The molecule has 2 aromatic carbocycles. The molecule has 0 N–H and O–H groups in total. The highest BCUT2D eigenvalue weighted by molar-refractivity contribution is 5.64. The molecule has 0 aromatic heterocycles. The van der Waals surface area contributed by atoms with Gasteiger partial charge < -0.3 is 0 Å². The summed E-state index contributed by atoms with van der Waals surface area (Å²) < 4.78 is 0. The maximum Gasteiger partial charge on any atom is -0.0162 e. The summed E-state index contributed by atoms with van der Waals surface area (Å²) in [6.45, 7) is 4.64. The smallest absolute Gasteiger partial charge is 0.0162 e. The maximum atomic E-state index is 2.39. The van der Waals surface area contributed by atoms with E-state index in [1.54, 1.807) is 5.56 Å². The van der Waals surface area contributed by atoms with Crippen LogP contribution in [-0.4, -0.2) is 0 Å². The summed E-state index contributed by atoms with van der Waals surface area (Å²) in [5.74, 6) is 1.76. The van der Waals surface area contributed by atoms with Crippen molar-refractivity contribution in [1.82, 2.24) is 0 Å². The van der Waals surface area contributed by atoms with Crippen LogP contribution in [0.1, 0.15) is 127 Å². The van der Waals surface area contributed by atoms with Gasteiger partial charge in [-0.15, -0.1) is 0 Å². The Morgan fingerprint density at radius 2 is 1.06 bits per heavy atom. The molecule has 32 heavy (non-hydrogen) atoms. The van der Waals surface area contributed by atoms with Crippen molar-refractivity contribution in [2.24, 2.45) is 5.92 Å². The molecule has 3 rings (SSSR count). The molecule has 1 aliphatic rings. The first-order chi connectivity index (χ1) is 15.8. The summed E-state index contributed by atoms with van der Waals surface area (Å²) in [7, 11) is 0. The summed E-state index contributed by atoms with van der Waals surface area (Å²) in [5, 5.41) is 0. The van der Waals surface area contributed by atoms with Crippen LogP contribution in [0.25, 0.3) is 11.1 Å². The fourth-order valence-corrected chi connectivity index (χ4v) is 5.53. The molecule has 0 atom stereocenters. The Hall–Kier alpha value is -1.56. The van der Waals surface area contributed by atoms with Crippen molar-refractivity contribution >= 4 is 0 Å².